The van der Waals surface area contributed by atoms with Gasteiger partial charge in [-0.3, -0.25) is 4.99 Å². The molecular formula is C16H24N2. The molecule has 1 rings (SSSR count). The van der Waals surface area contributed by atoms with E-state index >= 15 is 0 Å². The molecule has 0 aromatic heterocycles. The highest BCUT2D eigenvalue weighted by atomic mass is 14.8. The fraction of sp³-hybridized carbons (Fsp3) is 0.438. The average Bonchev–Trinajstić information content (AvgIpc) is 2.32. The number of hydrogen-bond acceptors (Lipinski definition) is 2. The Labute approximate surface area is 111 Å². The molecule has 0 saturated carbocycles. The lowest BCUT2D eigenvalue weighted by Crippen LogP contribution is -2.08. The Hall–Kier alpha value is -1.57. The number of aliphatic imine (C=N–C) groups is 1. The topological polar surface area (TPSA) is 38.4 Å². The third-order valence-electron chi connectivity index (χ3n) is 3.27. The predicted molar refractivity (Wildman–Crippen MR) is 80.4 cm³/mol. The van der Waals surface area contributed by atoms with Crippen LogP contribution in [0.5, 0.6) is 0 Å². The first-order valence-electron chi connectivity index (χ1n) is 6.50. The SMILES string of the molecule is C=C(C(=CN)C(C)=NC1=C(C)C=CCC1)C(C)C. The van der Waals surface area contributed by atoms with E-state index in [1.807, 2.05) is 6.92 Å². The maximum atomic E-state index is 5.72. The van der Waals surface area contributed by atoms with Gasteiger partial charge in [0.15, 0.2) is 0 Å². The lowest BCUT2D eigenvalue weighted by Gasteiger charge is -2.15. The summed E-state index contributed by atoms with van der Waals surface area (Å²) in [6.07, 6.45) is 8.02. The molecule has 0 heterocycles. The fourth-order valence-electron chi connectivity index (χ4n) is 1.95. The zero-order valence-electron chi connectivity index (χ0n) is 12.0. The van der Waals surface area contributed by atoms with Gasteiger partial charge in [-0.25, -0.2) is 0 Å². The normalized spacial score (nSPS) is 17.6. The van der Waals surface area contributed by atoms with Crippen LogP contribution in [0.15, 0.2) is 52.3 Å². The van der Waals surface area contributed by atoms with Gasteiger partial charge in [-0.15, -0.1) is 0 Å². The minimum atomic E-state index is 0.381. The Bertz CT molecular complexity index is 446. The van der Waals surface area contributed by atoms with E-state index in [-0.39, 0.29) is 0 Å². The van der Waals surface area contributed by atoms with E-state index in [2.05, 4.69) is 39.5 Å². The third kappa shape index (κ3) is 3.46. The average molecular weight is 244 g/mol. The second-order valence-corrected chi connectivity index (χ2v) is 5.03. The van der Waals surface area contributed by atoms with Crippen molar-refractivity contribution in [2.75, 3.05) is 0 Å². The van der Waals surface area contributed by atoms with Crippen molar-refractivity contribution >= 4 is 5.71 Å². The summed E-state index contributed by atoms with van der Waals surface area (Å²) in [7, 11) is 0. The standard InChI is InChI=1S/C16H24N2/c1-11(2)13(4)15(10-17)14(5)18-16-9-7-6-8-12(16)3/h6,8,10-11H,4,7,9,17H2,1-3,5H3. The van der Waals surface area contributed by atoms with Gasteiger partial charge in [0.1, 0.15) is 0 Å². The highest BCUT2D eigenvalue weighted by molar-refractivity contribution is 6.02. The van der Waals surface area contributed by atoms with Crippen LogP contribution >= 0.6 is 0 Å². The number of nitrogens with two attached hydrogens (primary N) is 1. The highest BCUT2D eigenvalue weighted by Crippen LogP contribution is 2.23. The molecular weight excluding hydrogens is 220 g/mol. The highest BCUT2D eigenvalue weighted by Gasteiger charge is 2.11. The summed E-state index contributed by atoms with van der Waals surface area (Å²) in [5, 5.41) is 0. The molecule has 0 atom stereocenters. The molecule has 0 aromatic rings. The lowest BCUT2D eigenvalue weighted by atomic mass is 9.94. The molecule has 98 valence electrons. The Morgan fingerprint density at radius 2 is 2.17 bits per heavy atom. The predicted octanol–water partition coefficient (Wildman–Crippen LogP) is 4.13. The van der Waals surface area contributed by atoms with Crippen LogP contribution in [0.1, 0.15) is 40.5 Å². The maximum Gasteiger partial charge on any atom is 0.0465 e. The summed E-state index contributed by atoms with van der Waals surface area (Å²) in [6.45, 7) is 12.4. The molecule has 0 aliphatic heterocycles. The minimum absolute atomic E-state index is 0.381. The summed E-state index contributed by atoms with van der Waals surface area (Å²) in [5.74, 6) is 0.381. The fourth-order valence-corrected chi connectivity index (χ4v) is 1.95. The summed E-state index contributed by atoms with van der Waals surface area (Å²) >= 11 is 0. The zero-order chi connectivity index (χ0) is 13.7. The smallest absolute Gasteiger partial charge is 0.0465 e. The van der Waals surface area contributed by atoms with Gasteiger partial charge in [0, 0.05) is 23.2 Å². The van der Waals surface area contributed by atoms with Crippen LogP contribution in [0, 0.1) is 5.92 Å². The molecule has 1 aliphatic rings. The number of rotatable bonds is 4. The minimum Gasteiger partial charge on any atom is -0.404 e. The van der Waals surface area contributed by atoms with E-state index < -0.39 is 0 Å². The van der Waals surface area contributed by atoms with Crippen LogP contribution in [0.3, 0.4) is 0 Å². The Morgan fingerprint density at radius 1 is 1.50 bits per heavy atom. The molecule has 0 radical (unpaired) electrons. The summed E-state index contributed by atoms with van der Waals surface area (Å²) in [4.78, 5) is 4.73. The van der Waals surface area contributed by atoms with E-state index in [1.54, 1.807) is 6.20 Å². The first-order valence-corrected chi connectivity index (χ1v) is 6.50. The molecule has 2 heteroatoms. The van der Waals surface area contributed by atoms with Crippen LogP contribution in [0.2, 0.25) is 0 Å². The Balaban J connectivity index is 3.02. The van der Waals surface area contributed by atoms with Crippen molar-refractivity contribution in [2.24, 2.45) is 16.6 Å². The van der Waals surface area contributed by atoms with Crippen LogP contribution in [0.4, 0.5) is 0 Å². The van der Waals surface area contributed by atoms with E-state index in [4.69, 9.17) is 10.7 Å². The summed E-state index contributed by atoms with van der Waals surface area (Å²) < 4.78 is 0. The Kier molecular flexibility index (Phi) is 5.14. The van der Waals surface area contributed by atoms with Gasteiger partial charge in [-0.05, 0) is 43.8 Å². The summed E-state index contributed by atoms with van der Waals surface area (Å²) in [6, 6.07) is 0. The van der Waals surface area contributed by atoms with E-state index in [1.165, 1.54) is 5.57 Å². The van der Waals surface area contributed by atoms with Gasteiger partial charge in [0.25, 0.3) is 0 Å². The molecule has 1 aliphatic carbocycles. The molecule has 18 heavy (non-hydrogen) atoms. The van der Waals surface area contributed by atoms with Crippen LogP contribution in [-0.4, -0.2) is 5.71 Å². The van der Waals surface area contributed by atoms with Gasteiger partial charge in [-0.2, -0.15) is 0 Å². The van der Waals surface area contributed by atoms with Crippen molar-refractivity contribution in [1.29, 1.82) is 0 Å². The number of hydrogen-bond donors (Lipinski definition) is 1. The van der Waals surface area contributed by atoms with E-state index in [0.29, 0.717) is 5.92 Å². The molecule has 0 spiro atoms. The quantitative estimate of drug-likeness (QED) is 0.586. The second-order valence-electron chi connectivity index (χ2n) is 5.03. The molecule has 0 unspecified atom stereocenters. The van der Waals surface area contributed by atoms with E-state index in [9.17, 15) is 0 Å². The van der Waals surface area contributed by atoms with E-state index in [0.717, 1.165) is 35.4 Å². The van der Waals surface area contributed by atoms with Crippen LogP contribution < -0.4 is 5.73 Å². The van der Waals surface area contributed by atoms with Gasteiger partial charge in [-0.1, -0.05) is 32.6 Å². The van der Waals surface area contributed by atoms with Crippen molar-refractivity contribution in [3.05, 3.63) is 47.3 Å². The molecule has 0 aromatic carbocycles. The van der Waals surface area contributed by atoms with Crippen molar-refractivity contribution in [1.82, 2.24) is 0 Å². The van der Waals surface area contributed by atoms with Crippen molar-refractivity contribution in [3.63, 3.8) is 0 Å². The van der Waals surface area contributed by atoms with Crippen LogP contribution in [-0.2, 0) is 0 Å². The monoisotopic (exact) mass is 244 g/mol. The molecule has 2 N–H and O–H groups in total. The molecule has 2 nitrogen and oxygen atoms in total. The number of allylic oxidation sites excluding steroid dienone is 6. The molecule has 0 amide bonds. The lowest BCUT2D eigenvalue weighted by molar-refractivity contribution is 0.788. The number of nitrogens with zero attached hydrogens (tertiary/aromatic N) is 1. The van der Waals surface area contributed by atoms with Gasteiger partial charge in [0.2, 0.25) is 0 Å². The first kappa shape index (κ1) is 14.5. The van der Waals surface area contributed by atoms with Crippen molar-refractivity contribution in [2.45, 2.75) is 40.5 Å². The van der Waals surface area contributed by atoms with Gasteiger partial charge < -0.3 is 5.73 Å². The second kappa shape index (κ2) is 6.39. The molecule has 0 fully saturated rings. The maximum absolute atomic E-state index is 5.72. The summed E-state index contributed by atoms with van der Waals surface area (Å²) in [5.41, 5.74) is 11.1. The van der Waals surface area contributed by atoms with Gasteiger partial charge in [0.05, 0.1) is 0 Å². The molecule has 0 saturated heterocycles. The largest absolute Gasteiger partial charge is 0.404 e. The van der Waals surface area contributed by atoms with Gasteiger partial charge >= 0.3 is 0 Å². The third-order valence-corrected chi connectivity index (χ3v) is 3.27. The van der Waals surface area contributed by atoms with Crippen molar-refractivity contribution < 1.29 is 0 Å². The molecule has 0 bridgehead atoms. The zero-order valence-corrected chi connectivity index (χ0v) is 12.0. The van der Waals surface area contributed by atoms with Crippen LogP contribution in [0.25, 0.3) is 0 Å². The first-order chi connectivity index (χ1) is 8.47. The van der Waals surface area contributed by atoms with Crippen molar-refractivity contribution in [3.8, 4) is 0 Å². The Morgan fingerprint density at radius 3 is 2.67 bits per heavy atom.